The molecule has 0 saturated heterocycles. The van der Waals surface area contributed by atoms with Crippen molar-refractivity contribution in [1.82, 2.24) is 10.6 Å². The molecule has 1 aromatic rings. The predicted octanol–water partition coefficient (Wildman–Crippen LogP) is 1.37. The van der Waals surface area contributed by atoms with Crippen molar-refractivity contribution in [3.63, 3.8) is 0 Å². The Morgan fingerprint density at radius 1 is 1.45 bits per heavy atom. The van der Waals surface area contributed by atoms with Gasteiger partial charge in [-0.2, -0.15) is 0 Å². The third-order valence-electron chi connectivity index (χ3n) is 2.26. The van der Waals surface area contributed by atoms with Crippen LogP contribution in [-0.2, 0) is 4.79 Å². The fourth-order valence-electron chi connectivity index (χ4n) is 1.39. The third-order valence-corrected chi connectivity index (χ3v) is 3.28. The quantitative estimate of drug-likeness (QED) is 0.761. The van der Waals surface area contributed by atoms with Gasteiger partial charge in [0.25, 0.3) is 5.91 Å². The van der Waals surface area contributed by atoms with Crippen LogP contribution in [0.1, 0.15) is 28.4 Å². The number of hydrogen-bond acceptors (Lipinski definition) is 5. The number of urea groups is 1. The summed E-state index contributed by atoms with van der Waals surface area (Å²) in [6.07, 6.45) is -0.982. The summed E-state index contributed by atoms with van der Waals surface area (Å²) in [7, 11) is 0. The lowest BCUT2D eigenvalue weighted by molar-refractivity contribution is -0.126. The summed E-state index contributed by atoms with van der Waals surface area (Å²) in [6, 6.07) is 0.928. The molecule has 0 aromatic carbocycles. The Kier molecular flexibility index (Phi) is 5.51. The first-order valence-corrected chi connectivity index (χ1v) is 6.75. The molecule has 0 aliphatic carbocycles. The van der Waals surface area contributed by atoms with Crippen LogP contribution in [0.3, 0.4) is 0 Å². The van der Waals surface area contributed by atoms with E-state index < -0.39 is 24.0 Å². The van der Waals surface area contributed by atoms with E-state index in [0.29, 0.717) is 6.54 Å². The molecule has 1 heterocycles. The molecule has 1 aromatic heterocycles. The number of rotatable bonds is 5. The SMILES string of the molecule is CCNC(=O)NC(=O)C(C)Oc1cc(C)sc1C(=O)O. The van der Waals surface area contributed by atoms with Crippen LogP contribution in [0.5, 0.6) is 5.75 Å². The molecule has 3 N–H and O–H groups in total. The summed E-state index contributed by atoms with van der Waals surface area (Å²) in [6.45, 7) is 5.29. The molecule has 0 saturated carbocycles. The Bertz CT molecular complexity index is 526. The molecule has 0 fully saturated rings. The van der Waals surface area contributed by atoms with Gasteiger partial charge in [-0.25, -0.2) is 9.59 Å². The maximum atomic E-state index is 11.7. The van der Waals surface area contributed by atoms with Gasteiger partial charge >= 0.3 is 12.0 Å². The van der Waals surface area contributed by atoms with E-state index >= 15 is 0 Å². The molecule has 1 atom stereocenters. The number of aryl methyl sites for hydroxylation is 1. The molecule has 3 amide bonds. The predicted molar refractivity (Wildman–Crippen MR) is 73.3 cm³/mol. The van der Waals surface area contributed by atoms with Gasteiger partial charge in [0, 0.05) is 11.4 Å². The van der Waals surface area contributed by atoms with Crippen LogP contribution in [0.4, 0.5) is 4.79 Å². The van der Waals surface area contributed by atoms with Crippen LogP contribution in [0.2, 0.25) is 0 Å². The number of amides is 3. The molecule has 20 heavy (non-hydrogen) atoms. The highest BCUT2D eigenvalue weighted by molar-refractivity contribution is 7.14. The minimum atomic E-state index is -1.12. The number of aromatic carboxylic acids is 1. The van der Waals surface area contributed by atoms with Gasteiger partial charge in [0.2, 0.25) is 0 Å². The zero-order chi connectivity index (χ0) is 15.3. The average Bonchev–Trinajstić information content (AvgIpc) is 2.70. The molecule has 1 rings (SSSR count). The lowest BCUT2D eigenvalue weighted by Crippen LogP contribution is -2.45. The number of carboxylic acid groups (broad SMARTS) is 1. The van der Waals surface area contributed by atoms with Gasteiger partial charge in [-0.15, -0.1) is 11.3 Å². The maximum Gasteiger partial charge on any atom is 0.349 e. The van der Waals surface area contributed by atoms with Crippen molar-refractivity contribution in [2.75, 3.05) is 6.54 Å². The number of carboxylic acids is 1. The van der Waals surface area contributed by atoms with Crippen molar-refractivity contribution in [3.05, 3.63) is 15.8 Å². The van der Waals surface area contributed by atoms with Gasteiger partial charge in [0.15, 0.2) is 11.0 Å². The van der Waals surface area contributed by atoms with E-state index in [-0.39, 0.29) is 10.6 Å². The minimum absolute atomic E-state index is 0.0279. The van der Waals surface area contributed by atoms with Gasteiger partial charge in [0.1, 0.15) is 5.75 Å². The van der Waals surface area contributed by atoms with Gasteiger partial charge < -0.3 is 15.2 Å². The lowest BCUT2D eigenvalue weighted by Gasteiger charge is -2.13. The number of nitrogens with one attached hydrogen (secondary N) is 2. The topological polar surface area (TPSA) is 105 Å². The Hall–Kier alpha value is -2.09. The molecule has 1 unspecified atom stereocenters. The summed E-state index contributed by atoms with van der Waals surface area (Å²) in [5.74, 6) is -1.64. The van der Waals surface area contributed by atoms with Gasteiger partial charge in [-0.05, 0) is 26.8 Å². The number of imide groups is 1. The fraction of sp³-hybridized carbons (Fsp3) is 0.417. The van der Waals surface area contributed by atoms with Gasteiger partial charge in [-0.1, -0.05) is 0 Å². The Labute approximate surface area is 119 Å². The Balaban J connectivity index is 2.70. The number of ether oxygens (including phenoxy) is 1. The first-order chi connectivity index (χ1) is 9.35. The van der Waals surface area contributed by atoms with Crippen molar-refractivity contribution < 1.29 is 24.2 Å². The van der Waals surface area contributed by atoms with Crippen molar-refractivity contribution in [2.24, 2.45) is 0 Å². The summed E-state index contributed by atoms with van der Waals surface area (Å²) in [5, 5.41) is 13.5. The van der Waals surface area contributed by atoms with Crippen LogP contribution in [0, 0.1) is 6.92 Å². The molecular weight excluding hydrogens is 284 g/mol. The van der Waals surface area contributed by atoms with Crippen molar-refractivity contribution >= 4 is 29.2 Å². The first kappa shape index (κ1) is 16.0. The van der Waals surface area contributed by atoms with Crippen LogP contribution in [-0.4, -0.2) is 35.7 Å². The zero-order valence-corrected chi connectivity index (χ0v) is 12.2. The normalized spacial score (nSPS) is 11.6. The van der Waals surface area contributed by atoms with E-state index in [9.17, 15) is 14.4 Å². The number of hydrogen-bond donors (Lipinski definition) is 3. The van der Waals surface area contributed by atoms with Gasteiger partial charge in [-0.3, -0.25) is 10.1 Å². The zero-order valence-electron chi connectivity index (χ0n) is 11.4. The average molecular weight is 300 g/mol. The second-order valence-electron chi connectivity index (χ2n) is 3.96. The monoisotopic (exact) mass is 300 g/mol. The molecule has 0 aliphatic heterocycles. The van der Waals surface area contributed by atoms with E-state index in [4.69, 9.17) is 9.84 Å². The fourth-order valence-corrected chi connectivity index (χ4v) is 2.17. The number of carbonyl (C=O) groups is 3. The van der Waals surface area contributed by atoms with Crippen LogP contribution < -0.4 is 15.4 Å². The van der Waals surface area contributed by atoms with Crippen LogP contribution in [0.25, 0.3) is 0 Å². The van der Waals surface area contributed by atoms with E-state index in [2.05, 4.69) is 10.6 Å². The summed E-state index contributed by atoms with van der Waals surface area (Å²) in [5.41, 5.74) is 0. The highest BCUT2D eigenvalue weighted by Gasteiger charge is 2.22. The van der Waals surface area contributed by atoms with Crippen molar-refractivity contribution in [2.45, 2.75) is 26.9 Å². The highest BCUT2D eigenvalue weighted by atomic mass is 32.1. The van der Waals surface area contributed by atoms with E-state index in [0.717, 1.165) is 16.2 Å². The molecular formula is C12H16N2O5S. The standard InChI is InChI=1S/C12H16N2O5S/c1-4-13-12(18)14-10(15)7(3)19-8-5-6(2)20-9(8)11(16)17/h5,7H,4H2,1-3H3,(H,16,17)(H2,13,14,15,18). The molecule has 0 bridgehead atoms. The molecule has 0 aliphatic rings. The molecule has 0 radical (unpaired) electrons. The largest absolute Gasteiger partial charge is 0.479 e. The molecule has 0 spiro atoms. The highest BCUT2D eigenvalue weighted by Crippen LogP contribution is 2.29. The lowest BCUT2D eigenvalue weighted by atomic mass is 10.3. The van der Waals surface area contributed by atoms with Crippen molar-refractivity contribution in [1.29, 1.82) is 0 Å². The Morgan fingerprint density at radius 2 is 2.10 bits per heavy atom. The van der Waals surface area contributed by atoms with Crippen LogP contribution in [0.15, 0.2) is 6.07 Å². The molecule has 7 nitrogen and oxygen atoms in total. The maximum absolute atomic E-state index is 11.7. The minimum Gasteiger partial charge on any atom is -0.479 e. The summed E-state index contributed by atoms with van der Waals surface area (Å²) in [4.78, 5) is 34.7. The molecule has 110 valence electrons. The number of thiophene rings is 1. The molecule has 8 heteroatoms. The van der Waals surface area contributed by atoms with Crippen molar-refractivity contribution in [3.8, 4) is 5.75 Å². The van der Waals surface area contributed by atoms with Crippen LogP contribution >= 0.6 is 11.3 Å². The first-order valence-electron chi connectivity index (χ1n) is 5.94. The number of carbonyl (C=O) groups excluding carboxylic acids is 2. The van der Waals surface area contributed by atoms with Gasteiger partial charge in [0.05, 0.1) is 0 Å². The van der Waals surface area contributed by atoms with E-state index in [1.807, 2.05) is 0 Å². The third kappa shape index (κ3) is 4.23. The summed E-state index contributed by atoms with van der Waals surface area (Å²) < 4.78 is 5.31. The Morgan fingerprint density at radius 3 is 2.65 bits per heavy atom. The second kappa shape index (κ2) is 6.90. The summed E-state index contributed by atoms with van der Waals surface area (Å²) >= 11 is 1.06. The van der Waals surface area contributed by atoms with E-state index in [1.165, 1.54) is 6.92 Å². The smallest absolute Gasteiger partial charge is 0.349 e. The van der Waals surface area contributed by atoms with E-state index in [1.54, 1.807) is 19.9 Å². The second-order valence-corrected chi connectivity index (χ2v) is 5.22.